The number of esters is 1. The minimum Gasteiger partial charge on any atom is -0.460 e. The number of carbonyl (C=O) groups excluding carboxylic acids is 1. The van der Waals surface area contributed by atoms with Crippen LogP contribution in [0.15, 0.2) is 24.3 Å². The summed E-state index contributed by atoms with van der Waals surface area (Å²) in [5.74, 6) is 1.03. The summed E-state index contributed by atoms with van der Waals surface area (Å²) >= 11 is 0. The highest BCUT2D eigenvalue weighted by molar-refractivity contribution is 5.69. The third kappa shape index (κ3) is 4.18. The van der Waals surface area contributed by atoms with Gasteiger partial charge in [-0.05, 0) is 63.0 Å². The summed E-state index contributed by atoms with van der Waals surface area (Å²) in [4.78, 5) is 12.0. The second kappa shape index (κ2) is 7.26. The maximum Gasteiger partial charge on any atom is 0.306 e. The molecule has 0 spiro atoms. The molecule has 1 aromatic carbocycles. The first-order valence-electron chi connectivity index (χ1n) is 9.35. The lowest BCUT2D eigenvalue weighted by Crippen LogP contribution is -2.27. The third-order valence-electron chi connectivity index (χ3n) is 5.28. The van der Waals surface area contributed by atoms with Crippen molar-refractivity contribution in [2.45, 2.75) is 71.0 Å². The Bertz CT molecular complexity index is 573. The van der Waals surface area contributed by atoms with Gasteiger partial charge in [0.05, 0.1) is 12.7 Å². The molecule has 1 fully saturated rings. The molecule has 1 heterocycles. The molecule has 1 aromatic rings. The van der Waals surface area contributed by atoms with Gasteiger partial charge in [-0.3, -0.25) is 4.79 Å². The van der Waals surface area contributed by atoms with Crippen molar-refractivity contribution in [2.24, 2.45) is 11.8 Å². The average Bonchev–Trinajstić information content (AvgIpc) is 2.99. The van der Waals surface area contributed by atoms with E-state index in [1.807, 2.05) is 20.8 Å². The van der Waals surface area contributed by atoms with Crippen molar-refractivity contribution in [1.29, 1.82) is 0 Å². The van der Waals surface area contributed by atoms with Crippen LogP contribution < -0.4 is 0 Å². The van der Waals surface area contributed by atoms with Gasteiger partial charge in [0.25, 0.3) is 0 Å². The van der Waals surface area contributed by atoms with Crippen LogP contribution in [0.5, 0.6) is 0 Å². The van der Waals surface area contributed by atoms with Crippen molar-refractivity contribution >= 4 is 5.97 Å². The highest BCUT2D eigenvalue weighted by atomic mass is 16.6. The second-order valence-electron chi connectivity index (χ2n) is 8.22. The first-order valence-corrected chi connectivity index (χ1v) is 9.35. The summed E-state index contributed by atoms with van der Waals surface area (Å²) < 4.78 is 11.7. The predicted molar refractivity (Wildman–Crippen MR) is 94.7 cm³/mol. The van der Waals surface area contributed by atoms with Crippen molar-refractivity contribution in [3.8, 4) is 0 Å². The van der Waals surface area contributed by atoms with Gasteiger partial charge in [-0.15, -0.1) is 0 Å². The Kier molecular flexibility index (Phi) is 5.29. The summed E-state index contributed by atoms with van der Waals surface area (Å²) in [7, 11) is 0. The van der Waals surface area contributed by atoms with E-state index >= 15 is 0 Å². The number of benzene rings is 1. The molecule has 2 unspecified atom stereocenters. The SMILES string of the molecule is CC(C)(C)OC(=O)CCC1CCC[C@H]1C1OCCc2ccccc21. The molecule has 0 radical (unpaired) electrons. The molecule has 1 aliphatic carbocycles. The fourth-order valence-corrected chi connectivity index (χ4v) is 4.30. The summed E-state index contributed by atoms with van der Waals surface area (Å²) in [5.41, 5.74) is 2.42. The van der Waals surface area contributed by atoms with Crippen LogP contribution in [0.2, 0.25) is 0 Å². The molecular formula is C21H30O3. The minimum absolute atomic E-state index is 0.0712. The zero-order chi connectivity index (χ0) is 17.2. The van der Waals surface area contributed by atoms with Crippen molar-refractivity contribution < 1.29 is 14.3 Å². The molecule has 1 aliphatic heterocycles. The standard InChI is InChI=1S/C21H30O3/c1-21(2,3)24-19(22)12-11-15-8-6-10-18(15)20-17-9-5-4-7-16(17)13-14-23-20/h4-5,7,9,15,18,20H,6,8,10-14H2,1-3H3/t15?,18-,20?/m1/s1. The summed E-state index contributed by atoms with van der Waals surface area (Å²) in [5, 5.41) is 0. The zero-order valence-corrected chi connectivity index (χ0v) is 15.2. The van der Waals surface area contributed by atoms with Gasteiger partial charge in [0.2, 0.25) is 0 Å². The number of rotatable bonds is 4. The molecule has 0 amide bonds. The van der Waals surface area contributed by atoms with Crippen LogP contribution in [0.25, 0.3) is 0 Å². The molecule has 132 valence electrons. The molecule has 1 saturated carbocycles. The quantitative estimate of drug-likeness (QED) is 0.741. The number of carbonyl (C=O) groups is 1. The third-order valence-corrected chi connectivity index (χ3v) is 5.28. The molecule has 0 saturated heterocycles. The lowest BCUT2D eigenvalue weighted by atomic mass is 9.81. The molecule has 0 aromatic heterocycles. The Morgan fingerprint density at radius 1 is 1.25 bits per heavy atom. The van der Waals surface area contributed by atoms with Gasteiger partial charge in [0.1, 0.15) is 5.60 Å². The molecule has 2 aliphatic rings. The van der Waals surface area contributed by atoms with Gasteiger partial charge in [-0.1, -0.05) is 37.1 Å². The lowest BCUT2D eigenvalue weighted by Gasteiger charge is -2.33. The van der Waals surface area contributed by atoms with E-state index in [-0.39, 0.29) is 12.1 Å². The fraction of sp³-hybridized carbons (Fsp3) is 0.667. The highest BCUT2D eigenvalue weighted by Crippen LogP contribution is 2.46. The van der Waals surface area contributed by atoms with Crippen molar-refractivity contribution in [3.05, 3.63) is 35.4 Å². The van der Waals surface area contributed by atoms with Crippen LogP contribution in [0, 0.1) is 11.8 Å². The van der Waals surface area contributed by atoms with Crippen molar-refractivity contribution in [2.75, 3.05) is 6.61 Å². The molecule has 0 N–H and O–H groups in total. The van der Waals surface area contributed by atoms with E-state index in [0.717, 1.165) is 19.4 Å². The van der Waals surface area contributed by atoms with E-state index in [1.54, 1.807) is 0 Å². The van der Waals surface area contributed by atoms with E-state index in [2.05, 4.69) is 24.3 Å². The van der Waals surface area contributed by atoms with E-state index in [0.29, 0.717) is 18.3 Å². The van der Waals surface area contributed by atoms with Crippen molar-refractivity contribution in [3.63, 3.8) is 0 Å². The Morgan fingerprint density at radius 2 is 2.04 bits per heavy atom. The van der Waals surface area contributed by atoms with E-state index in [4.69, 9.17) is 9.47 Å². The summed E-state index contributed by atoms with van der Waals surface area (Å²) in [6.07, 6.45) is 6.32. The van der Waals surface area contributed by atoms with Crippen LogP contribution in [0.4, 0.5) is 0 Å². The topological polar surface area (TPSA) is 35.5 Å². The Balaban J connectivity index is 1.63. The van der Waals surface area contributed by atoms with Crippen LogP contribution in [0.3, 0.4) is 0 Å². The van der Waals surface area contributed by atoms with E-state index in [1.165, 1.54) is 30.4 Å². The maximum absolute atomic E-state index is 12.0. The first-order chi connectivity index (χ1) is 11.4. The molecular weight excluding hydrogens is 300 g/mol. The molecule has 24 heavy (non-hydrogen) atoms. The molecule has 3 atom stereocenters. The Hall–Kier alpha value is -1.35. The number of hydrogen-bond acceptors (Lipinski definition) is 3. The lowest BCUT2D eigenvalue weighted by molar-refractivity contribution is -0.155. The molecule has 0 bridgehead atoms. The van der Waals surface area contributed by atoms with Crippen LogP contribution in [0.1, 0.15) is 70.1 Å². The van der Waals surface area contributed by atoms with E-state index < -0.39 is 5.60 Å². The van der Waals surface area contributed by atoms with Gasteiger partial charge in [0.15, 0.2) is 0 Å². The summed E-state index contributed by atoms with van der Waals surface area (Å²) in [6, 6.07) is 8.69. The van der Waals surface area contributed by atoms with Crippen molar-refractivity contribution in [1.82, 2.24) is 0 Å². The first kappa shape index (κ1) is 17.5. The fourth-order valence-electron chi connectivity index (χ4n) is 4.30. The minimum atomic E-state index is -0.391. The van der Waals surface area contributed by atoms with Crippen LogP contribution in [-0.4, -0.2) is 18.2 Å². The number of hydrogen-bond donors (Lipinski definition) is 0. The summed E-state index contributed by atoms with van der Waals surface area (Å²) in [6.45, 7) is 6.60. The maximum atomic E-state index is 12.0. The predicted octanol–water partition coefficient (Wildman–Crippen LogP) is 4.84. The number of fused-ring (bicyclic) bond motifs is 1. The molecule has 3 nitrogen and oxygen atoms in total. The second-order valence-corrected chi connectivity index (χ2v) is 8.22. The van der Waals surface area contributed by atoms with Gasteiger partial charge >= 0.3 is 5.97 Å². The Morgan fingerprint density at radius 3 is 2.83 bits per heavy atom. The molecule has 3 rings (SSSR count). The van der Waals surface area contributed by atoms with Gasteiger partial charge < -0.3 is 9.47 Å². The largest absolute Gasteiger partial charge is 0.460 e. The van der Waals surface area contributed by atoms with Crippen LogP contribution in [-0.2, 0) is 20.7 Å². The molecule has 3 heteroatoms. The van der Waals surface area contributed by atoms with Gasteiger partial charge in [-0.2, -0.15) is 0 Å². The van der Waals surface area contributed by atoms with Gasteiger partial charge in [-0.25, -0.2) is 0 Å². The Labute approximate surface area is 145 Å². The van der Waals surface area contributed by atoms with E-state index in [9.17, 15) is 4.79 Å². The smallest absolute Gasteiger partial charge is 0.306 e. The number of ether oxygens (including phenoxy) is 2. The monoisotopic (exact) mass is 330 g/mol. The highest BCUT2D eigenvalue weighted by Gasteiger charge is 2.37. The normalized spacial score (nSPS) is 26.9. The van der Waals surface area contributed by atoms with Crippen LogP contribution >= 0.6 is 0 Å². The zero-order valence-electron chi connectivity index (χ0n) is 15.2. The van der Waals surface area contributed by atoms with Gasteiger partial charge in [0, 0.05) is 6.42 Å². The average molecular weight is 330 g/mol.